The van der Waals surface area contributed by atoms with Crippen LogP contribution in [0.5, 0.6) is 5.75 Å². The van der Waals surface area contributed by atoms with Crippen molar-refractivity contribution in [3.05, 3.63) is 29.8 Å². The second-order valence-electron chi connectivity index (χ2n) is 4.76. The first-order chi connectivity index (χ1) is 8.54. The smallest absolute Gasteiger partial charge is 0.406 e. The minimum absolute atomic E-state index is 0.00927. The minimum Gasteiger partial charge on any atom is -0.406 e. The van der Waals surface area contributed by atoms with Crippen LogP contribution < -0.4 is 4.74 Å². The summed E-state index contributed by atoms with van der Waals surface area (Å²) in [4.78, 5) is 11.3. The molecule has 1 atom stereocenters. The van der Waals surface area contributed by atoms with E-state index in [0.717, 1.165) is 5.56 Å². The molecule has 1 rings (SSSR count). The van der Waals surface area contributed by atoms with Crippen molar-refractivity contribution in [2.24, 2.45) is 5.41 Å². The van der Waals surface area contributed by atoms with Crippen molar-refractivity contribution in [3.8, 4) is 5.75 Å². The standard InChI is InChI=1S/C13H14BrF3O2/c1-8(18)12(2,3)11(14)9-4-6-10(7-5-9)19-13(15,16)17/h4-7,11H,1-3H3. The van der Waals surface area contributed by atoms with Gasteiger partial charge in [0.15, 0.2) is 0 Å². The van der Waals surface area contributed by atoms with E-state index in [2.05, 4.69) is 20.7 Å². The number of hydrogen-bond acceptors (Lipinski definition) is 2. The van der Waals surface area contributed by atoms with Gasteiger partial charge in [-0.25, -0.2) is 0 Å². The highest BCUT2D eigenvalue weighted by Gasteiger charge is 2.34. The van der Waals surface area contributed by atoms with Gasteiger partial charge < -0.3 is 4.74 Å². The van der Waals surface area contributed by atoms with Crippen LogP contribution in [0, 0.1) is 5.41 Å². The Labute approximate surface area is 118 Å². The van der Waals surface area contributed by atoms with Crippen molar-refractivity contribution < 1.29 is 22.7 Å². The number of carbonyl (C=O) groups is 1. The highest BCUT2D eigenvalue weighted by molar-refractivity contribution is 9.09. The van der Waals surface area contributed by atoms with Crippen molar-refractivity contribution in [1.82, 2.24) is 0 Å². The van der Waals surface area contributed by atoms with Gasteiger partial charge in [-0.05, 0) is 24.6 Å². The molecule has 1 aromatic carbocycles. The van der Waals surface area contributed by atoms with E-state index in [-0.39, 0.29) is 16.4 Å². The Hall–Kier alpha value is -1.04. The molecule has 0 N–H and O–H groups in total. The highest BCUT2D eigenvalue weighted by atomic mass is 79.9. The van der Waals surface area contributed by atoms with Crippen LogP contribution in [-0.4, -0.2) is 12.1 Å². The van der Waals surface area contributed by atoms with Gasteiger partial charge in [-0.15, -0.1) is 13.2 Å². The van der Waals surface area contributed by atoms with Gasteiger partial charge in [0.05, 0.1) is 4.83 Å². The van der Waals surface area contributed by atoms with Gasteiger partial charge in [0.25, 0.3) is 0 Å². The van der Waals surface area contributed by atoms with Crippen LogP contribution in [0.3, 0.4) is 0 Å². The topological polar surface area (TPSA) is 26.3 Å². The van der Waals surface area contributed by atoms with Crippen LogP contribution in [0.15, 0.2) is 24.3 Å². The molecule has 0 radical (unpaired) electrons. The van der Waals surface area contributed by atoms with Gasteiger partial charge in [0.1, 0.15) is 11.5 Å². The van der Waals surface area contributed by atoms with Gasteiger partial charge in [0.2, 0.25) is 0 Å². The molecule has 19 heavy (non-hydrogen) atoms. The molecule has 0 aliphatic heterocycles. The van der Waals surface area contributed by atoms with Crippen molar-refractivity contribution in [3.63, 3.8) is 0 Å². The Morgan fingerprint density at radius 2 is 1.68 bits per heavy atom. The first-order valence-electron chi connectivity index (χ1n) is 5.55. The number of hydrogen-bond donors (Lipinski definition) is 0. The molecule has 0 aliphatic carbocycles. The summed E-state index contributed by atoms with van der Waals surface area (Å²) in [5, 5.41) is 0. The van der Waals surface area contributed by atoms with Crippen LogP contribution in [-0.2, 0) is 4.79 Å². The fraction of sp³-hybridized carbons (Fsp3) is 0.462. The summed E-state index contributed by atoms with van der Waals surface area (Å²) in [7, 11) is 0. The molecule has 0 aliphatic rings. The number of benzene rings is 1. The number of rotatable bonds is 4. The number of ether oxygens (including phenoxy) is 1. The van der Waals surface area contributed by atoms with Crippen molar-refractivity contribution >= 4 is 21.7 Å². The normalized spacial score (nSPS) is 14.1. The Kier molecular flexibility index (Phi) is 4.66. The van der Waals surface area contributed by atoms with E-state index >= 15 is 0 Å². The Bertz CT molecular complexity index is 452. The Morgan fingerprint density at radius 1 is 1.21 bits per heavy atom. The van der Waals surface area contributed by atoms with Gasteiger partial charge in [-0.3, -0.25) is 4.79 Å². The Morgan fingerprint density at radius 3 is 2.05 bits per heavy atom. The predicted molar refractivity (Wildman–Crippen MR) is 69.3 cm³/mol. The molecule has 1 unspecified atom stereocenters. The minimum atomic E-state index is -4.70. The average molecular weight is 339 g/mol. The van der Waals surface area contributed by atoms with Crippen LogP contribution in [0.2, 0.25) is 0 Å². The molecule has 1 aromatic rings. The highest BCUT2D eigenvalue weighted by Crippen LogP contribution is 2.41. The summed E-state index contributed by atoms with van der Waals surface area (Å²) in [5.41, 5.74) is 0.0709. The third-order valence-electron chi connectivity index (χ3n) is 2.95. The van der Waals surface area contributed by atoms with E-state index in [1.807, 2.05) is 0 Å². The summed E-state index contributed by atoms with van der Waals surface area (Å²) in [6.45, 7) is 5.03. The molecule has 106 valence electrons. The van der Waals surface area contributed by atoms with Gasteiger partial charge in [-0.1, -0.05) is 41.9 Å². The maximum absolute atomic E-state index is 12.0. The fourth-order valence-corrected chi connectivity index (χ4v) is 2.06. The molecular formula is C13H14BrF3O2. The molecule has 0 heterocycles. The molecule has 6 heteroatoms. The lowest BCUT2D eigenvalue weighted by atomic mass is 9.82. The second kappa shape index (κ2) is 5.53. The van der Waals surface area contributed by atoms with E-state index < -0.39 is 11.8 Å². The zero-order valence-corrected chi connectivity index (χ0v) is 12.3. The van der Waals surface area contributed by atoms with Crippen LogP contribution in [0.4, 0.5) is 13.2 Å². The van der Waals surface area contributed by atoms with E-state index in [1.54, 1.807) is 13.8 Å². The number of carbonyl (C=O) groups excluding carboxylic acids is 1. The van der Waals surface area contributed by atoms with E-state index in [0.29, 0.717) is 0 Å². The number of ketones is 1. The summed E-state index contributed by atoms with van der Waals surface area (Å²) < 4.78 is 39.8. The Balaban J connectivity index is 2.90. The van der Waals surface area contributed by atoms with E-state index in [9.17, 15) is 18.0 Å². The van der Waals surface area contributed by atoms with E-state index in [4.69, 9.17) is 0 Å². The van der Waals surface area contributed by atoms with Crippen LogP contribution >= 0.6 is 15.9 Å². The van der Waals surface area contributed by atoms with E-state index in [1.165, 1.54) is 31.2 Å². The predicted octanol–water partition coefficient (Wildman–Crippen LogP) is 4.64. The monoisotopic (exact) mass is 338 g/mol. The first-order valence-corrected chi connectivity index (χ1v) is 6.46. The lowest BCUT2D eigenvalue weighted by molar-refractivity contribution is -0.274. The van der Waals surface area contributed by atoms with Gasteiger partial charge in [0, 0.05) is 5.41 Å². The maximum atomic E-state index is 12.0. The van der Waals surface area contributed by atoms with Crippen LogP contribution in [0.25, 0.3) is 0 Å². The lowest BCUT2D eigenvalue weighted by Crippen LogP contribution is -2.26. The van der Waals surface area contributed by atoms with Gasteiger partial charge in [-0.2, -0.15) is 0 Å². The number of alkyl halides is 4. The second-order valence-corrected chi connectivity index (χ2v) is 5.67. The molecule has 2 nitrogen and oxygen atoms in total. The first kappa shape index (κ1) is 16.0. The fourth-order valence-electron chi connectivity index (χ4n) is 1.43. The zero-order valence-electron chi connectivity index (χ0n) is 10.7. The van der Waals surface area contributed by atoms with Crippen molar-refractivity contribution in [1.29, 1.82) is 0 Å². The molecule has 0 amide bonds. The summed E-state index contributed by atoms with van der Waals surface area (Å²) >= 11 is 3.41. The molecule has 0 spiro atoms. The number of Topliss-reactive ketones (excluding diaryl/α,β-unsaturated/α-hetero) is 1. The molecule has 0 saturated heterocycles. The largest absolute Gasteiger partial charge is 0.573 e. The molecular weight excluding hydrogens is 325 g/mol. The van der Waals surface area contributed by atoms with Crippen LogP contribution in [0.1, 0.15) is 31.2 Å². The zero-order chi connectivity index (χ0) is 14.8. The molecule has 0 saturated carbocycles. The maximum Gasteiger partial charge on any atom is 0.573 e. The third-order valence-corrected chi connectivity index (χ3v) is 4.62. The van der Waals surface area contributed by atoms with Crippen molar-refractivity contribution in [2.75, 3.05) is 0 Å². The van der Waals surface area contributed by atoms with Gasteiger partial charge >= 0.3 is 6.36 Å². The average Bonchev–Trinajstić information content (AvgIpc) is 2.26. The molecule has 0 fully saturated rings. The van der Waals surface area contributed by atoms with Crippen molar-refractivity contribution in [2.45, 2.75) is 32.0 Å². The third kappa shape index (κ3) is 4.23. The SMILES string of the molecule is CC(=O)C(C)(C)C(Br)c1ccc(OC(F)(F)F)cc1. The summed E-state index contributed by atoms with van der Waals surface area (Å²) in [5.74, 6) is -0.290. The quantitative estimate of drug-likeness (QED) is 0.748. The number of halogens is 4. The molecule has 0 aromatic heterocycles. The lowest BCUT2D eigenvalue weighted by Gasteiger charge is -2.28. The summed E-state index contributed by atoms with van der Waals surface area (Å²) in [6.07, 6.45) is -4.70. The summed E-state index contributed by atoms with van der Waals surface area (Å²) in [6, 6.07) is 5.47. The molecule has 0 bridgehead atoms.